The van der Waals surface area contributed by atoms with Crippen LogP contribution in [0.25, 0.3) is 17.4 Å². The molecular formula is C23H24FN2O2+. The number of rotatable bonds is 7. The summed E-state index contributed by atoms with van der Waals surface area (Å²) < 4.78 is 19.4. The van der Waals surface area contributed by atoms with Crippen molar-refractivity contribution in [2.24, 2.45) is 0 Å². The summed E-state index contributed by atoms with van der Waals surface area (Å²) in [6, 6.07) is 18.0. The van der Waals surface area contributed by atoms with Gasteiger partial charge in [0.1, 0.15) is 23.9 Å². The third-order valence-electron chi connectivity index (χ3n) is 4.21. The van der Waals surface area contributed by atoms with Crippen molar-refractivity contribution in [1.82, 2.24) is 5.32 Å². The molecule has 0 spiro atoms. The Labute approximate surface area is 164 Å². The quantitative estimate of drug-likeness (QED) is 0.620. The van der Waals surface area contributed by atoms with E-state index in [9.17, 15) is 9.18 Å². The van der Waals surface area contributed by atoms with Gasteiger partial charge in [-0.25, -0.2) is 4.39 Å². The zero-order valence-corrected chi connectivity index (χ0v) is 16.0. The highest BCUT2D eigenvalue weighted by molar-refractivity contribution is 5.91. The summed E-state index contributed by atoms with van der Waals surface area (Å²) in [6.07, 6.45) is 2.98. The number of quaternary nitrogens is 1. The molecule has 3 aromatic rings. The standard InChI is InChI=1S/C23H23FN2O2/c1-26(2)16-18-9-7-17(8-10-18)15-25-23(27)14-12-19-11-13-22(28-19)20-5-3-4-6-21(20)24/h3-14H,15-16H2,1-2H3,(H,25,27)/p+1/b14-12+. The van der Waals surface area contributed by atoms with Gasteiger partial charge in [0.25, 0.3) is 0 Å². The van der Waals surface area contributed by atoms with Gasteiger partial charge in [0.05, 0.1) is 19.7 Å². The van der Waals surface area contributed by atoms with E-state index < -0.39 is 0 Å². The third kappa shape index (κ3) is 5.41. The lowest BCUT2D eigenvalue weighted by atomic mass is 10.1. The Hall–Kier alpha value is -3.18. The van der Waals surface area contributed by atoms with Crippen LogP contribution >= 0.6 is 0 Å². The highest BCUT2D eigenvalue weighted by atomic mass is 19.1. The molecule has 0 fully saturated rings. The molecular weight excluding hydrogens is 355 g/mol. The first-order chi connectivity index (χ1) is 13.5. The molecule has 0 bridgehead atoms. The highest BCUT2D eigenvalue weighted by Gasteiger charge is 2.08. The fourth-order valence-corrected chi connectivity index (χ4v) is 2.84. The van der Waals surface area contributed by atoms with Crippen LogP contribution < -0.4 is 10.2 Å². The van der Waals surface area contributed by atoms with Gasteiger partial charge in [-0.3, -0.25) is 4.79 Å². The molecule has 4 nitrogen and oxygen atoms in total. The molecule has 144 valence electrons. The average molecular weight is 379 g/mol. The first-order valence-corrected chi connectivity index (χ1v) is 9.19. The van der Waals surface area contributed by atoms with E-state index >= 15 is 0 Å². The molecule has 0 aliphatic carbocycles. The van der Waals surface area contributed by atoms with Crippen LogP contribution in [0.4, 0.5) is 4.39 Å². The van der Waals surface area contributed by atoms with E-state index in [1.165, 1.54) is 22.6 Å². The molecule has 0 aliphatic rings. The van der Waals surface area contributed by atoms with Gasteiger partial charge in [-0.2, -0.15) is 0 Å². The summed E-state index contributed by atoms with van der Waals surface area (Å²) in [6.45, 7) is 1.42. The Bertz CT molecular complexity index is 959. The van der Waals surface area contributed by atoms with E-state index in [0.29, 0.717) is 23.6 Å². The van der Waals surface area contributed by atoms with Crippen LogP contribution in [0.5, 0.6) is 0 Å². The van der Waals surface area contributed by atoms with Gasteiger partial charge in [-0.05, 0) is 35.9 Å². The van der Waals surface area contributed by atoms with Crippen molar-refractivity contribution in [2.75, 3.05) is 14.1 Å². The van der Waals surface area contributed by atoms with E-state index in [-0.39, 0.29) is 11.7 Å². The molecule has 0 saturated carbocycles. The molecule has 0 radical (unpaired) electrons. The van der Waals surface area contributed by atoms with Crippen molar-refractivity contribution in [3.63, 3.8) is 0 Å². The van der Waals surface area contributed by atoms with Gasteiger partial charge < -0.3 is 14.6 Å². The predicted molar refractivity (Wildman–Crippen MR) is 108 cm³/mol. The van der Waals surface area contributed by atoms with Crippen LogP contribution in [0, 0.1) is 5.82 Å². The topological polar surface area (TPSA) is 46.7 Å². The number of furan rings is 1. The van der Waals surface area contributed by atoms with Crippen LogP contribution in [0.2, 0.25) is 0 Å². The average Bonchev–Trinajstić information content (AvgIpc) is 3.14. The molecule has 28 heavy (non-hydrogen) atoms. The minimum atomic E-state index is -0.344. The van der Waals surface area contributed by atoms with E-state index in [0.717, 1.165) is 12.1 Å². The normalized spacial score (nSPS) is 11.3. The Balaban J connectivity index is 1.54. The fourth-order valence-electron chi connectivity index (χ4n) is 2.84. The lowest BCUT2D eigenvalue weighted by molar-refractivity contribution is -0.872. The van der Waals surface area contributed by atoms with Crippen molar-refractivity contribution in [3.8, 4) is 11.3 Å². The Kier molecular flexibility index (Phi) is 6.40. The van der Waals surface area contributed by atoms with Crippen molar-refractivity contribution in [2.45, 2.75) is 13.1 Å². The monoisotopic (exact) mass is 379 g/mol. The molecule has 1 heterocycles. The first-order valence-electron chi connectivity index (χ1n) is 9.19. The third-order valence-corrected chi connectivity index (χ3v) is 4.21. The van der Waals surface area contributed by atoms with Crippen LogP contribution in [0.1, 0.15) is 16.9 Å². The largest absolute Gasteiger partial charge is 0.457 e. The van der Waals surface area contributed by atoms with Crippen molar-refractivity contribution >= 4 is 12.0 Å². The lowest BCUT2D eigenvalue weighted by Crippen LogP contribution is -3.04. The van der Waals surface area contributed by atoms with E-state index in [2.05, 4.69) is 31.5 Å². The van der Waals surface area contributed by atoms with Crippen molar-refractivity contribution < 1.29 is 18.5 Å². The SMILES string of the molecule is C[NH+](C)Cc1ccc(CNC(=O)/C=C/c2ccc(-c3ccccc3F)o2)cc1. The Morgan fingerprint density at radius 1 is 1.04 bits per heavy atom. The van der Waals surface area contributed by atoms with E-state index in [4.69, 9.17) is 4.42 Å². The summed E-state index contributed by atoms with van der Waals surface area (Å²) in [4.78, 5) is 13.4. The number of hydrogen-bond donors (Lipinski definition) is 2. The van der Waals surface area contributed by atoms with Crippen LogP contribution in [0.15, 0.2) is 71.2 Å². The molecule has 2 aromatic carbocycles. The fraction of sp³-hybridized carbons (Fsp3) is 0.174. The van der Waals surface area contributed by atoms with Gasteiger partial charge in [0, 0.05) is 18.2 Å². The molecule has 0 aliphatic heterocycles. The molecule has 2 N–H and O–H groups in total. The second kappa shape index (κ2) is 9.15. The maximum absolute atomic E-state index is 13.8. The maximum Gasteiger partial charge on any atom is 0.244 e. The molecule has 1 amide bonds. The van der Waals surface area contributed by atoms with Gasteiger partial charge >= 0.3 is 0 Å². The first kappa shape index (κ1) is 19.6. The smallest absolute Gasteiger partial charge is 0.244 e. The summed E-state index contributed by atoms with van der Waals surface area (Å²) in [5.41, 5.74) is 2.70. The number of hydrogen-bond acceptors (Lipinski definition) is 2. The number of carbonyl (C=O) groups excluding carboxylic acids is 1. The molecule has 0 unspecified atom stereocenters. The second-order valence-electron chi connectivity index (χ2n) is 6.93. The maximum atomic E-state index is 13.8. The number of amides is 1. The molecule has 5 heteroatoms. The van der Waals surface area contributed by atoms with Gasteiger partial charge in [0.15, 0.2) is 0 Å². The van der Waals surface area contributed by atoms with Crippen molar-refractivity contribution in [1.29, 1.82) is 0 Å². The highest BCUT2D eigenvalue weighted by Crippen LogP contribution is 2.25. The van der Waals surface area contributed by atoms with Crippen LogP contribution in [0.3, 0.4) is 0 Å². The number of benzene rings is 2. The van der Waals surface area contributed by atoms with Gasteiger partial charge in [-0.1, -0.05) is 36.4 Å². The van der Waals surface area contributed by atoms with Crippen LogP contribution in [-0.4, -0.2) is 20.0 Å². The summed E-state index contributed by atoms with van der Waals surface area (Å²) in [5.74, 6) is 0.357. The number of halogens is 1. The number of nitrogens with one attached hydrogen (secondary N) is 2. The molecule has 0 saturated heterocycles. The van der Waals surface area contributed by atoms with Gasteiger partial charge in [-0.15, -0.1) is 0 Å². The number of carbonyl (C=O) groups is 1. The van der Waals surface area contributed by atoms with E-state index in [1.54, 1.807) is 36.4 Å². The zero-order valence-electron chi connectivity index (χ0n) is 16.0. The second-order valence-corrected chi connectivity index (χ2v) is 6.93. The Morgan fingerprint density at radius 2 is 1.75 bits per heavy atom. The molecule has 1 aromatic heterocycles. The minimum absolute atomic E-state index is 0.217. The zero-order chi connectivity index (χ0) is 19.9. The lowest BCUT2D eigenvalue weighted by Gasteiger charge is -2.08. The van der Waals surface area contributed by atoms with Gasteiger partial charge in [0.2, 0.25) is 5.91 Å². The summed E-state index contributed by atoms with van der Waals surface area (Å²) in [5, 5.41) is 2.84. The minimum Gasteiger partial charge on any atom is -0.457 e. The summed E-state index contributed by atoms with van der Waals surface area (Å²) in [7, 11) is 4.22. The Morgan fingerprint density at radius 3 is 2.46 bits per heavy atom. The predicted octanol–water partition coefficient (Wildman–Crippen LogP) is 3.06. The summed E-state index contributed by atoms with van der Waals surface area (Å²) >= 11 is 0. The van der Waals surface area contributed by atoms with Crippen molar-refractivity contribution in [3.05, 3.63) is 89.4 Å². The molecule has 0 atom stereocenters. The van der Waals surface area contributed by atoms with Crippen LogP contribution in [-0.2, 0) is 17.9 Å². The van der Waals surface area contributed by atoms with E-state index in [1.807, 2.05) is 12.1 Å². The molecule has 3 rings (SSSR count).